The van der Waals surface area contributed by atoms with Gasteiger partial charge in [0.2, 0.25) is 0 Å². The van der Waals surface area contributed by atoms with E-state index in [0.717, 1.165) is 16.8 Å². The highest BCUT2D eigenvalue weighted by atomic mass is 79.9. The first-order valence-corrected chi connectivity index (χ1v) is 6.81. The molecule has 0 saturated carbocycles. The zero-order valence-electron chi connectivity index (χ0n) is 10.5. The summed E-state index contributed by atoms with van der Waals surface area (Å²) in [4.78, 5) is 0. The van der Waals surface area contributed by atoms with E-state index in [2.05, 4.69) is 21.2 Å². The van der Waals surface area contributed by atoms with Crippen molar-refractivity contribution in [2.45, 2.75) is 19.6 Å². The second-order valence-corrected chi connectivity index (χ2v) is 5.21. The van der Waals surface area contributed by atoms with E-state index in [1.807, 2.05) is 31.2 Å². The smallest absolute Gasteiger partial charge is 0.137 e. The van der Waals surface area contributed by atoms with Crippen LogP contribution in [-0.2, 0) is 6.61 Å². The Labute approximate surface area is 120 Å². The normalized spacial score (nSPS) is 12.2. The summed E-state index contributed by atoms with van der Waals surface area (Å²) in [6, 6.07) is 12.6. The third-order valence-corrected chi connectivity index (χ3v) is 3.61. The van der Waals surface area contributed by atoms with Crippen LogP contribution in [0.25, 0.3) is 0 Å². The summed E-state index contributed by atoms with van der Waals surface area (Å²) >= 11 is 3.19. The molecule has 0 heterocycles. The molecule has 0 saturated heterocycles. The molecule has 0 radical (unpaired) electrons. The first-order valence-electron chi connectivity index (χ1n) is 6.02. The summed E-state index contributed by atoms with van der Waals surface area (Å²) < 4.78 is 13.7. The zero-order valence-corrected chi connectivity index (χ0v) is 12.1. The van der Waals surface area contributed by atoms with Gasteiger partial charge in [-0.05, 0) is 46.6 Å². The fraction of sp³-hybridized carbons (Fsp3) is 0.200. The molecule has 19 heavy (non-hydrogen) atoms. The number of rotatable bonds is 4. The minimum absolute atomic E-state index is 0.0109. The Hall–Kier alpha value is -1.39. The van der Waals surface area contributed by atoms with Gasteiger partial charge in [0.05, 0.1) is 11.1 Å². The van der Waals surface area contributed by atoms with Crippen molar-refractivity contribution >= 4 is 21.6 Å². The Bertz CT molecular complexity index is 574. The van der Waals surface area contributed by atoms with Crippen LogP contribution in [0.4, 0.5) is 10.1 Å². The van der Waals surface area contributed by atoms with Gasteiger partial charge in [0.25, 0.3) is 0 Å². The molecule has 1 unspecified atom stereocenters. The van der Waals surface area contributed by atoms with Gasteiger partial charge in [-0.2, -0.15) is 0 Å². The number of hydrogen-bond acceptors (Lipinski definition) is 2. The van der Waals surface area contributed by atoms with Gasteiger partial charge in [0, 0.05) is 17.3 Å². The van der Waals surface area contributed by atoms with Gasteiger partial charge in [0.15, 0.2) is 0 Å². The molecule has 2 nitrogen and oxygen atoms in total. The molecule has 0 aliphatic heterocycles. The first kappa shape index (κ1) is 14.0. The Balaban J connectivity index is 2.20. The lowest BCUT2D eigenvalue weighted by atomic mass is 10.1. The highest BCUT2D eigenvalue weighted by molar-refractivity contribution is 9.10. The van der Waals surface area contributed by atoms with Gasteiger partial charge in [-0.25, -0.2) is 4.39 Å². The standard InChI is InChI=1S/C15H15BrFNO/c1-10(11-6-7-14(17)13(16)8-11)18-15-5-3-2-4-12(15)9-19/h2-8,10,18-19H,9H2,1H3. The van der Waals surface area contributed by atoms with Crippen molar-refractivity contribution in [3.05, 3.63) is 63.9 Å². The van der Waals surface area contributed by atoms with Crippen molar-refractivity contribution in [1.29, 1.82) is 0 Å². The van der Waals surface area contributed by atoms with E-state index in [4.69, 9.17) is 0 Å². The molecule has 0 aliphatic rings. The average Bonchev–Trinajstić information content (AvgIpc) is 2.42. The van der Waals surface area contributed by atoms with E-state index in [-0.39, 0.29) is 18.5 Å². The van der Waals surface area contributed by atoms with E-state index >= 15 is 0 Å². The van der Waals surface area contributed by atoms with Gasteiger partial charge in [-0.3, -0.25) is 0 Å². The minimum atomic E-state index is -0.272. The van der Waals surface area contributed by atoms with E-state index < -0.39 is 0 Å². The van der Waals surface area contributed by atoms with E-state index in [0.29, 0.717) is 4.47 Å². The van der Waals surface area contributed by atoms with E-state index in [9.17, 15) is 9.50 Å². The van der Waals surface area contributed by atoms with Crippen molar-refractivity contribution < 1.29 is 9.50 Å². The quantitative estimate of drug-likeness (QED) is 0.881. The SMILES string of the molecule is CC(Nc1ccccc1CO)c1ccc(F)c(Br)c1. The Morgan fingerprint density at radius 3 is 2.68 bits per heavy atom. The summed E-state index contributed by atoms with van der Waals surface area (Å²) in [5, 5.41) is 12.6. The molecule has 2 rings (SSSR count). The van der Waals surface area contributed by atoms with Crippen LogP contribution in [0.15, 0.2) is 46.9 Å². The molecule has 0 fully saturated rings. The van der Waals surface area contributed by atoms with Gasteiger partial charge < -0.3 is 10.4 Å². The van der Waals surface area contributed by atoms with Gasteiger partial charge in [-0.1, -0.05) is 24.3 Å². The Kier molecular flexibility index (Phi) is 4.56. The molecular formula is C15H15BrFNO. The molecule has 4 heteroatoms. The van der Waals surface area contributed by atoms with Crippen LogP contribution >= 0.6 is 15.9 Å². The van der Waals surface area contributed by atoms with Gasteiger partial charge >= 0.3 is 0 Å². The summed E-state index contributed by atoms with van der Waals surface area (Å²) in [5.41, 5.74) is 2.70. The summed E-state index contributed by atoms with van der Waals surface area (Å²) in [5.74, 6) is -0.272. The number of para-hydroxylation sites is 1. The van der Waals surface area contributed by atoms with Gasteiger partial charge in [-0.15, -0.1) is 0 Å². The van der Waals surface area contributed by atoms with Crippen molar-refractivity contribution in [3.63, 3.8) is 0 Å². The summed E-state index contributed by atoms with van der Waals surface area (Å²) in [6.45, 7) is 1.98. The predicted octanol–water partition coefficient (Wildman–Crippen LogP) is 4.25. The molecule has 2 aromatic carbocycles. The highest BCUT2D eigenvalue weighted by Gasteiger charge is 2.09. The lowest BCUT2D eigenvalue weighted by molar-refractivity contribution is 0.282. The molecule has 0 amide bonds. The van der Waals surface area contributed by atoms with Crippen LogP contribution in [-0.4, -0.2) is 5.11 Å². The molecule has 0 aromatic heterocycles. The molecular weight excluding hydrogens is 309 g/mol. The van der Waals surface area contributed by atoms with Crippen LogP contribution in [0.3, 0.4) is 0 Å². The molecule has 100 valence electrons. The van der Waals surface area contributed by atoms with E-state index in [1.165, 1.54) is 6.07 Å². The lowest BCUT2D eigenvalue weighted by Gasteiger charge is -2.18. The number of aliphatic hydroxyl groups excluding tert-OH is 1. The first-order chi connectivity index (χ1) is 9.11. The van der Waals surface area contributed by atoms with Crippen LogP contribution in [0, 0.1) is 5.82 Å². The van der Waals surface area contributed by atoms with Crippen molar-refractivity contribution in [2.75, 3.05) is 5.32 Å². The second-order valence-electron chi connectivity index (χ2n) is 4.35. The molecule has 1 atom stereocenters. The fourth-order valence-corrected chi connectivity index (χ4v) is 2.29. The maximum absolute atomic E-state index is 13.2. The molecule has 0 spiro atoms. The van der Waals surface area contributed by atoms with E-state index in [1.54, 1.807) is 12.1 Å². The molecule has 0 aliphatic carbocycles. The molecule has 2 aromatic rings. The average molecular weight is 324 g/mol. The molecule has 2 N–H and O–H groups in total. The number of aliphatic hydroxyl groups is 1. The summed E-state index contributed by atoms with van der Waals surface area (Å²) in [6.07, 6.45) is 0. The monoisotopic (exact) mass is 323 g/mol. The minimum Gasteiger partial charge on any atom is -0.392 e. The topological polar surface area (TPSA) is 32.3 Å². The lowest BCUT2D eigenvalue weighted by Crippen LogP contribution is -2.08. The Morgan fingerprint density at radius 2 is 2.00 bits per heavy atom. The van der Waals surface area contributed by atoms with Crippen molar-refractivity contribution in [3.8, 4) is 0 Å². The maximum atomic E-state index is 13.2. The van der Waals surface area contributed by atoms with Crippen molar-refractivity contribution in [2.24, 2.45) is 0 Å². The number of anilines is 1. The third kappa shape index (κ3) is 3.33. The number of halogens is 2. The maximum Gasteiger partial charge on any atom is 0.137 e. The van der Waals surface area contributed by atoms with Crippen LogP contribution in [0.2, 0.25) is 0 Å². The highest BCUT2D eigenvalue weighted by Crippen LogP contribution is 2.25. The summed E-state index contributed by atoms with van der Waals surface area (Å²) in [7, 11) is 0. The Morgan fingerprint density at radius 1 is 1.26 bits per heavy atom. The zero-order chi connectivity index (χ0) is 13.8. The third-order valence-electron chi connectivity index (χ3n) is 3.00. The molecule has 0 bridgehead atoms. The largest absolute Gasteiger partial charge is 0.392 e. The number of nitrogens with one attached hydrogen (secondary N) is 1. The number of benzene rings is 2. The van der Waals surface area contributed by atoms with Crippen LogP contribution in [0.5, 0.6) is 0 Å². The number of hydrogen-bond donors (Lipinski definition) is 2. The van der Waals surface area contributed by atoms with Crippen LogP contribution in [0.1, 0.15) is 24.1 Å². The van der Waals surface area contributed by atoms with Crippen molar-refractivity contribution in [1.82, 2.24) is 0 Å². The fourth-order valence-electron chi connectivity index (χ4n) is 1.90. The second kappa shape index (κ2) is 6.17. The van der Waals surface area contributed by atoms with Crippen LogP contribution < -0.4 is 5.32 Å². The predicted molar refractivity (Wildman–Crippen MR) is 78.5 cm³/mol. The van der Waals surface area contributed by atoms with Gasteiger partial charge in [0.1, 0.15) is 5.82 Å².